The van der Waals surface area contributed by atoms with Gasteiger partial charge in [-0.05, 0) is 31.5 Å². The lowest BCUT2D eigenvalue weighted by Gasteiger charge is -2.15. The minimum atomic E-state index is -1.96. The van der Waals surface area contributed by atoms with E-state index in [0.29, 0.717) is 30.1 Å². The third-order valence-electron chi connectivity index (χ3n) is 4.39. The number of aromatic nitrogens is 1. The average Bonchev–Trinajstić information content (AvgIpc) is 3.28. The van der Waals surface area contributed by atoms with Crippen molar-refractivity contribution in [2.75, 3.05) is 36.2 Å². The lowest BCUT2D eigenvalue weighted by atomic mass is 10.2. The van der Waals surface area contributed by atoms with E-state index in [0.717, 1.165) is 32.1 Å². The van der Waals surface area contributed by atoms with Crippen LogP contribution in [0.5, 0.6) is 0 Å². The molecule has 1 fully saturated rings. The molecule has 1 aromatic carbocycles. The highest BCUT2D eigenvalue weighted by atomic mass is 35.5. The predicted molar refractivity (Wildman–Crippen MR) is 112 cm³/mol. The van der Waals surface area contributed by atoms with Crippen molar-refractivity contribution in [3.05, 3.63) is 34.3 Å². The highest BCUT2D eigenvalue weighted by molar-refractivity contribution is 7.86. The molecule has 1 aliphatic heterocycles. The van der Waals surface area contributed by atoms with Crippen LogP contribution in [0.25, 0.3) is 0 Å². The number of hydrogen-bond acceptors (Lipinski definition) is 7. The van der Waals surface area contributed by atoms with Crippen molar-refractivity contribution >= 4 is 44.7 Å². The molecule has 1 saturated heterocycles. The van der Waals surface area contributed by atoms with Crippen LogP contribution in [-0.2, 0) is 11.0 Å². The second kappa shape index (κ2) is 10.6. The molecule has 7 nitrogen and oxygen atoms in total. The Kier molecular flexibility index (Phi) is 8.16. The van der Waals surface area contributed by atoms with Crippen molar-refractivity contribution < 1.29 is 18.1 Å². The molecular formula is C17H22ClF2N5O2S2. The number of aliphatic hydroxyl groups excluding tert-OH is 1. The van der Waals surface area contributed by atoms with Crippen LogP contribution in [0.1, 0.15) is 12.8 Å². The number of β-amino-alcohol motifs (C(OH)–C–C–N with tert-alkyl or cyclic N) is 1. The minimum absolute atomic E-state index is 0.0781. The number of halogens is 3. The molecule has 0 bridgehead atoms. The number of aliphatic hydroxyl groups is 1. The first-order valence-electron chi connectivity index (χ1n) is 9.09. The van der Waals surface area contributed by atoms with Crippen molar-refractivity contribution in [3.8, 4) is 0 Å². The largest absolute Gasteiger partial charge is 0.390 e. The van der Waals surface area contributed by atoms with Crippen LogP contribution < -0.4 is 20.7 Å². The van der Waals surface area contributed by atoms with E-state index >= 15 is 0 Å². The summed E-state index contributed by atoms with van der Waals surface area (Å²) in [4.78, 5) is 3.56. The summed E-state index contributed by atoms with van der Waals surface area (Å²) in [5, 5.41) is 19.0. The lowest BCUT2D eigenvalue weighted by Crippen LogP contribution is -2.39. The van der Waals surface area contributed by atoms with Gasteiger partial charge in [-0.15, -0.1) is 0 Å². The van der Waals surface area contributed by atoms with Crippen molar-refractivity contribution in [2.24, 2.45) is 0 Å². The fourth-order valence-electron chi connectivity index (χ4n) is 2.88. The Labute approximate surface area is 178 Å². The van der Waals surface area contributed by atoms with Crippen molar-refractivity contribution in [2.45, 2.75) is 29.9 Å². The number of anilines is 2. The topological polar surface area (TPSA) is 98.3 Å². The third kappa shape index (κ3) is 6.30. The molecule has 1 aliphatic rings. The van der Waals surface area contributed by atoms with Crippen LogP contribution in [0.3, 0.4) is 0 Å². The number of unbranched alkanes of at least 4 members (excludes halogenated alkanes) is 1. The summed E-state index contributed by atoms with van der Waals surface area (Å²) >= 11 is 6.86. The maximum Gasteiger partial charge on any atom is 0.198 e. The van der Waals surface area contributed by atoms with Gasteiger partial charge in [-0.2, -0.15) is 4.39 Å². The molecule has 12 heteroatoms. The van der Waals surface area contributed by atoms with E-state index in [1.165, 1.54) is 12.1 Å². The van der Waals surface area contributed by atoms with E-state index in [1.54, 1.807) is 0 Å². The van der Waals surface area contributed by atoms with Crippen LogP contribution in [0.4, 0.5) is 19.6 Å². The summed E-state index contributed by atoms with van der Waals surface area (Å²) in [5.74, 6) is -0.691. The summed E-state index contributed by atoms with van der Waals surface area (Å²) in [5.41, 5.74) is 0.411. The molecule has 3 atom stereocenters. The zero-order valence-electron chi connectivity index (χ0n) is 15.4. The average molecular weight is 466 g/mol. The molecule has 5 N–H and O–H groups in total. The Morgan fingerprint density at radius 1 is 1.31 bits per heavy atom. The highest BCUT2D eigenvalue weighted by Gasteiger charge is 2.23. The molecule has 3 rings (SSSR count). The van der Waals surface area contributed by atoms with Crippen molar-refractivity contribution in [3.63, 3.8) is 0 Å². The van der Waals surface area contributed by atoms with Gasteiger partial charge in [-0.3, -0.25) is 4.72 Å². The van der Waals surface area contributed by atoms with E-state index < -0.39 is 21.9 Å². The number of benzene rings is 1. The number of thiazole rings is 1. The van der Waals surface area contributed by atoms with Crippen LogP contribution >= 0.6 is 22.9 Å². The van der Waals surface area contributed by atoms with Crippen LogP contribution in [-0.4, -0.2) is 52.6 Å². The molecular weight excluding hydrogens is 444 g/mol. The Bertz CT molecular complexity index is 857. The van der Waals surface area contributed by atoms with Gasteiger partial charge in [-0.25, -0.2) is 13.6 Å². The Balaban J connectivity index is 1.45. The van der Waals surface area contributed by atoms with E-state index in [-0.39, 0.29) is 27.2 Å². The number of nitrogens with one attached hydrogen (secondary N) is 4. The normalized spacial score (nSPS) is 20.0. The van der Waals surface area contributed by atoms with Crippen LogP contribution in [0.15, 0.2) is 23.2 Å². The molecule has 0 saturated carbocycles. The van der Waals surface area contributed by atoms with Crippen molar-refractivity contribution in [1.82, 2.24) is 15.6 Å². The zero-order chi connectivity index (χ0) is 20.8. The van der Waals surface area contributed by atoms with Gasteiger partial charge in [0.25, 0.3) is 0 Å². The zero-order valence-corrected chi connectivity index (χ0v) is 17.8. The quantitative estimate of drug-likeness (QED) is 0.345. The maximum absolute atomic E-state index is 14.4. The second-order valence-corrected chi connectivity index (χ2v) is 9.09. The first-order valence-corrected chi connectivity index (χ1v) is 11.4. The number of hydrogen-bond donors (Lipinski definition) is 5. The Morgan fingerprint density at radius 2 is 2.10 bits per heavy atom. The summed E-state index contributed by atoms with van der Waals surface area (Å²) < 4.78 is 42.0. The number of rotatable bonds is 10. The van der Waals surface area contributed by atoms with E-state index in [4.69, 9.17) is 11.6 Å². The molecule has 2 aromatic rings. The van der Waals surface area contributed by atoms with Crippen LogP contribution in [0.2, 0.25) is 5.02 Å². The van der Waals surface area contributed by atoms with Crippen molar-refractivity contribution in [1.29, 1.82) is 0 Å². The summed E-state index contributed by atoms with van der Waals surface area (Å²) in [7, 11) is -1.96. The van der Waals surface area contributed by atoms with E-state index in [1.807, 2.05) is 0 Å². The van der Waals surface area contributed by atoms with Crippen LogP contribution in [0, 0.1) is 10.9 Å². The summed E-state index contributed by atoms with van der Waals surface area (Å²) in [6.07, 6.45) is 2.34. The summed E-state index contributed by atoms with van der Waals surface area (Å²) in [6.45, 7) is 2.73. The van der Waals surface area contributed by atoms with Gasteiger partial charge in [0.05, 0.1) is 27.9 Å². The SMILES string of the molecule is O=S(Nc1ncc(F)s1)c1cc(Cl)c(NCCCCN[C@H]2CNC[C@@H]2O)cc1F. The van der Waals surface area contributed by atoms with Gasteiger partial charge in [0, 0.05) is 25.7 Å². The van der Waals surface area contributed by atoms with E-state index in [2.05, 4.69) is 25.7 Å². The standard InChI is InChI=1S/C17H22ClF2N5O2S2/c18-10-5-15(29(27)25-17-24-9-16(20)28-17)11(19)6-12(10)22-3-1-2-4-23-13-7-21-8-14(13)26/h5-6,9,13-14,21-23,26H,1-4,7-8H2,(H,24,25)/t13-,14-,29?/m0/s1. The second-order valence-electron chi connectivity index (χ2n) is 6.52. The first-order chi connectivity index (χ1) is 13.9. The van der Waals surface area contributed by atoms with Gasteiger partial charge >= 0.3 is 0 Å². The van der Waals surface area contributed by atoms with Gasteiger partial charge in [0.15, 0.2) is 21.2 Å². The first kappa shape index (κ1) is 22.3. The fourth-order valence-corrected chi connectivity index (χ4v) is 4.74. The monoisotopic (exact) mass is 465 g/mol. The fraction of sp³-hybridized carbons (Fsp3) is 0.471. The minimum Gasteiger partial charge on any atom is -0.390 e. The van der Waals surface area contributed by atoms with E-state index in [9.17, 15) is 18.1 Å². The smallest absolute Gasteiger partial charge is 0.198 e. The maximum atomic E-state index is 14.4. The molecule has 0 aliphatic carbocycles. The van der Waals surface area contributed by atoms with Gasteiger partial charge in [-0.1, -0.05) is 22.9 Å². The lowest BCUT2D eigenvalue weighted by molar-refractivity contribution is 0.163. The predicted octanol–water partition coefficient (Wildman–Crippen LogP) is 2.32. The molecule has 0 amide bonds. The molecule has 1 unspecified atom stereocenters. The molecule has 0 radical (unpaired) electrons. The third-order valence-corrected chi connectivity index (χ3v) is 6.62. The molecule has 1 aromatic heterocycles. The van der Waals surface area contributed by atoms with Gasteiger partial charge in [0.2, 0.25) is 0 Å². The Morgan fingerprint density at radius 3 is 2.79 bits per heavy atom. The van der Waals surface area contributed by atoms with Gasteiger partial charge in [0.1, 0.15) is 5.82 Å². The Hall–Kier alpha value is -1.37. The number of nitrogens with zero attached hydrogens (tertiary/aromatic N) is 1. The van der Waals surface area contributed by atoms with Gasteiger partial charge < -0.3 is 21.1 Å². The molecule has 0 spiro atoms. The molecule has 2 heterocycles. The molecule has 29 heavy (non-hydrogen) atoms. The highest BCUT2D eigenvalue weighted by Crippen LogP contribution is 2.28. The summed E-state index contributed by atoms with van der Waals surface area (Å²) in [6, 6.07) is 2.55. The molecule has 160 valence electrons.